The van der Waals surface area contributed by atoms with Gasteiger partial charge >= 0.3 is 0 Å². The topological polar surface area (TPSA) is 64.6 Å². The quantitative estimate of drug-likeness (QED) is 0.613. The zero-order valence-electron chi connectivity index (χ0n) is 17.1. The summed E-state index contributed by atoms with van der Waals surface area (Å²) in [4.78, 5) is 26.8. The average molecular weight is 403 g/mol. The van der Waals surface area contributed by atoms with Crippen molar-refractivity contribution in [2.75, 3.05) is 48.3 Å². The highest BCUT2D eigenvalue weighted by molar-refractivity contribution is 5.91. The molecule has 1 aliphatic heterocycles. The molecule has 1 aromatic carbocycles. The summed E-state index contributed by atoms with van der Waals surface area (Å²) < 4.78 is 0. The number of nitrogens with zero attached hydrogens (tertiary/aromatic N) is 5. The average Bonchev–Trinajstić information content (AvgIpc) is 2.81. The maximum Gasteiger partial charge on any atom is 0.218 e. The molecule has 0 atom stereocenters. The molecule has 1 amide bonds. The lowest BCUT2D eigenvalue weighted by Gasteiger charge is -2.34. The van der Waals surface area contributed by atoms with Gasteiger partial charge in [0.1, 0.15) is 0 Å². The Morgan fingerprint density at radius 3 is 2.43 bits per heavy atom. The fraction of sp³-hybridized carbons (Fsp3) is 0.261. The second-order valence-electron chi connectivity index (χ2n) is 7.36. The van der Waals surface area contributed by atoms with E-state index in [0.717, 1.165) is 43.8 Å². The van der Waals surface area contributed by atoms with Crippen LogP contribution in [0.15, 0.2) is 67.1 Å². The van der Waals surface area contributed by atoms with Crippen molar-refractivity contribution in [1.82, 2.24) is 14.9 Å². The van der Waals surface area contributed by atoms with Crippen LogP contribution in [-0.2, 0) is 11.3 Å². The Morgan fingerprint density at radius 2 is 1.73 bits per heavy atom. The highest BCUT2D eigenvalue weighted by Crippen LogP contribution is 2.31. The van der Waals surface area contributed by atoms with Crippen molar-refractivity contribution in [2.45, 2.75) is 6.54 Å². The van der Waals surface area contributed by atoms with Crippen molar-refractivity contribution < 1.29 is 4.79 Å². The minimum atomic E-state index is 0.599. The Bertz CT molecular complexity index is 955. The van der Waals surface area contributed by atoms with Crippen molar-refractivity contribution in [3.63, 3.8) is 0 Å². The Balaban J connectivity index is 1.52. The van der Waals surface area contributed by atoms with Crippen LogP contribution in [-0.4, -0.2) is 54.5 Å². The van der Waals surface area contributed by atoms with Crippen LogP contribution in [0.3, 0.4) is 0 Å². The molecule has 1 saturated heterocycles. The summed E-state index contributed by atoms with van der Waals surface area (Å²) in [5.41, 5.74) is 3.80. The second kappa shape index (κ2) is 9.37. The normalized spacial score (nSPS) is 14.4. The summed E-state index contributed by atoms with van der Waals surface area (Å²) in [6.45, 7) is 4.74. The Labute approximate surface area is 177 Å². The summed E-state index contributed by atoms with van der Waals surface area (Å²) in [7, 11) is 2.15. The van der Waals surface area contributed by atoms with Gasteiger partial charge in [-0.25, -0.2) is 4.98 Å². The predicted molar refractivity (Wildman–Crippen MR) is 120 cm³/mol. The standard InChI is InChI=1S/C23H26N6O/c1-27-13-15-28(16-14-27)20-4-6-21(7-5-20)29(18-30)22-3-2-10-25-23(22)26-17-19-8-11-24-12-9-19/h2-12,18H,13-17H2,1H3,(H,25,26). The molecule has 0 spiro atoms. The number of carbonyl (C=O) groups is 1. The number of benzene rings is 1. The van der Waals surface area contributed by atoms with E-state index < -0.39 is 0 Å². The zero-order valence-corrected chi connectivity index (χ0v) is 17.1. The Hall–Kier alpha value is -3.45. The molecule has 1 fully saturated rings. The number of anilines is 4. The smallest absolute Gasteiger partial charge is 0.218 e. The SMILES string of the molecule is CN1CCN(c2ccc(N(C=O)c3cccnc3NCc3ccncc3)cc2)CC1. The van der Waals surface area contributed by atoms with Crippen molar-refractivity contribution in [3.8, 4) is 0 Å². The molecule has 0 bridgehead atoms. The van der Waals surface area contributed by atoms with Crippen LogP contribution in [0, 0.1) is 0 Å². The van der Waals surface area contributed by atoms with Gasteiger partial charge in [-0.3, -0.25) is 14.7 Å². The maximum absolute atomic E-state index is 12.0. The number of pyridine rings is 2. The first-order chi connectivity index (χ1) is 14.7. The van der Waals surface area contributed by atoms with Crippen LogP contribution in [0.2, 0.25) is 0 Å². The van der Waals surface area contributed by atoms with Crippen molar-refractivity contribution in [3.05, 3.63) is 72.7 Å². The van der Waals surface area contributed by atoms with Crippen LogP contribution in [0.25, 0.3) is 0 Å². The maximum atomic E-state index is 12.0. The summed E-state index contributed by atoms with van der Waals surface area (Å²) in [5, 5.41) is 3.33. The van der Waals surface area contributed by atoms with Crippen LogP contribution in [0.4, 0.5) is 22.9 Å². The van der Waals surface area contributed by atoms with E-state index in [2.05, 4.69) is 44.3 Å². The van der Waals surface area contributed by atoms with E-state index in [-0.39, 0.29) is 0 Å². The molecule has 1 N–H and O–H groups in total. The third-order valence-corrected chi connectivity index (χ3v) is 5.36. The van der Waals surface area contributed by atoms with Gasteiger partial charge in [0.05, 0.1) is 5.69 Å². The van der Waals surface area contributed by atoms with E-state index in [1.807, 2.05) is 36.4 Å². The van der Waals surface area contributed by atoms with Gasteiger partial charge in [-0.15, -0.1) is 0 Å². The molecule has 2 aromatic heterocycles. The molecule has 0 aliphatic carbocycles. The van der Waals surface area contributed by atoms with E-state index in [4.69, 9.17) is 0 Å². The molecule has 1 aliphatic rings. The molecule has 30 heavy (non-hydrogen) atoms. The number of piperazine rings is 1. The number of nitrogens with one attached hydrogen (secondary N) is 1. The largest absolute Gasteiger partial charge is 0.369 e. The molecule has 0 radical (unpaired) electrons. The van der Waals surface area contributed by atoms with Crippen LogP contribution < -0.4 is 15.1 Å². The highest BCUT2D eigenvalue weighted by atomic mass is 16.1. The summed E-state index contributed by atoms with van der Waals surface area (Å²) in [6.07, 6.45) is 6.07. The molecule has 4 rings (SSSR count). The van der Waals surface area contributed by atoms with E-state index in [1.54, 1.807) is 23.5 Å². The van der Waals surface area contributed by atoms with Gasteiger partial charge < -0.3 is 15.1 Å². The third-order valence-electron chi connectivity index (χ3n) is 5.36. The second-order valence-corrected chi connectivity index (χ2v) is 7.36. The Morgan fingerprint density at radius 1 is 1.00 bits per heavy atom. The van der Waals surface area contributed by atoms with Crippen molar-refractivity contribution >= 4 is 29.3 Å². The first-order valence-electron chi connectivity index (χ1n) is 10.1. The molecule has 3 heterocycles. The van der Waals surface area contributed by atoms with Gasteiger partial charge in [0, 0.05) is 62.7 Å². The van der Waals surface area contributed by atoms with E-state index in [9.17, 15) is 4.79 Å². The molecular weight excluding hydrogens is 376 g/mol. The van der Waals surface area contributed by atoms with E-state index in [1.165, 1.54) is 5.69 Å². The first kappa shape index (κ1) is 19.8. The van der Waals surface area contributed by atoms with Crippen molar-refractivity contribution in [2.24, 2.45) is 0 Å². The van der Waals surface area contributed by atoms with Gasteiger partial charge in [-0.2, -0.15) is 0 Å². The number of rotatable bonds is 7. The van der Waals surface area contributed by atoms with Crippen LogP contribution in [0.5, 0.6) is 0 Å². The number of aromatic nitrogens is 2. The highest BCUT2D eigenvalue weighted by Gasteiger charge is 2.17. The van der Waals surface area contributed by atoms with Gasteiger partial charge in [-0.1, -0.05) is 0 Å². The van der Waals surface area contributed by atoms with Crippen LogP contribution >= 0.6 is 0 Å². The fourth-order valence-electron chi connectivity index (χ4n) is 3.56. The third kappa shape index (κ3) is 4.58. The van der Waals surface area contributed by atoms with Crippen LogP contribution in [0.1, 0.15) is 5.56 Å². The molecule has 3 aromatic rings. The molecule has 7 heteroatoms. The van der Waals surface area contributed by atoms with E-state index in [0.29, 0.717) is 18.1 Å². The number of amides is 1. The minimum absolute atomic E-state index is 0.599. The number of hydrogen-bond donors (Lipinski definition) is 1. The minimum Gasteiger partial charge on any atom is -0.369 e. The molecule has 0 saturated carbocycles. The molecule has 0 unspecified atom stereocenters. The molecule has 154 valence electrons. The van der Waals surface area contributed by atoms with Gasteiger partial charge in [0.15, 0.2) is 5.82 Å². The summed E-state index contributed by atoms with van der Waals surface area (Å²) in [6, 6.07) is 15.8. The number of carbonyl (C=O) groups excluding carboxylic acids is 1. The fourth-order valence-corrected chi connectivity index (χ4v) is 3.56. The zero-order chi connectivity index (χ0) is 20.8. The first-order valence-corrected chi connectivity index (χ1v) is 10.1. The van der Waals surface area contributed by atoms with Gasteiger partial charge in [0.2, 0.25) is 6.41 Å². The monoisotopic (exact) mass is 402 g/mol. The van der Waals surface area contributed by atoms with Gasteiger partial charge in [-0.05, 0) is 61.1 Å². The number of likely N-dealkylation sites (N-methyl/N-ethyl adjacent to an activating group) is 1. The summed E-state index contributed by atoms with van der Waals surface area (Å²) >= 11 is 0. The molecular formula is C23H26N6O. The van der Waals surface area contributed by atoms with Gasteiger partial charge in [0.25, 0.3) is 0 Å². The van der Waals surface area contributed by atoms with E-state index >= 15 is 0 Å². The number of hydrogen-bond acceptors (Lipinski definition) is 6. The van der Waals surface area contributed by atoms with Crippen molar-refractivity contribution in [1.29, 1.82) is 0 Å². The predicted octanol–water partition coefficient (Wildman–Crippen LogP) is 3.14. The lowest BCUT2D eigenvalue weighted by atomic mass is 10.2. The summed E-state index contributed by atoms with van der Waals surface area (Å²) in [5.74, 6) is 0.657. The lowest BCUT2D eigenvalue weighted by Crippen LogP contribution is -2.44. The molecule has 7 nitrogen and oxygen atoms in total. The lowest BCUT2D eigenvalue weighted by molar-refractivity contribution is -0.106. The Kier molecular flexibility index (Phi) is 6.20.